The molecular weight excluding hydrogens is 416 g/mol. The zero-order chi connectivity index (χ0) is 22.8. The molecule has 5 rings (SSSR count). The first-order valence-corrected chi connectivity index (χ1v) is 11.8. The molecule has 2 N–H and O–H groups in total. The van der Waals surface area contributed by atoms with Crippen LogP contribution >= 0.6 is 0 Å². The van der Waals surface area contributed by atoms with Gasteiger partial charge in [-0.05, 0) is 42.5 Å². The van der Waals surface area contributed by atoms with E-state index >= 15 is 0 Å². The zero-order valence-electron chi connectivity index (χ0n) is 18.8. The molecule has 2 aromatic rings. The number of nitrogens with one attached hydrogen (secondary N) is 2. The maximum atomic E-state index is 13.5. The number of hydrogen-bond acceptors (Lipinski definition) is 5. The molecule has 7 nitrogen and oxygen atoms in total. The van der Waals surface area contributed by atoms with Crippen molar-refractivity contribution in [2.24, 2.45) is 0 Å². The van der Waals surface area contributed by atoms with Gasteiger partial charge in [0.05, 0.1) is 0 Å². The van der Waals surface area contributed by atoms with Gasteiger partial charge in [-0.2, -0.15) is 0 Å². The van der Waals surface area contributed by atoms with E-state index in [1.165, 1.54) is 5.56 Å². The fourth-order valence-electron chi connectivity index (χ4n) is 5.32. The third-order valence-electron chi connectivity index (χ3n) is 7.03. The molecule has 2 unspecified atom stereocenters. The van der Waals surface area contributed by atoms with Crippen molar-refractivity contribution >= 4 is 17.7 Å². The summed E-state index contributed by atoms with van der Waals surface area (Å²) in [6, 6.07) is 16.3. The summed E-state index contributed by atoms with van der Waals surface area (Å²) < 4.78 is 0. The van der Waals surface area contributed by atoms with Gasteiger partial charge in [-0.25, -0.2) is 0 Å². The highest BCUT2D eigenvalue weighted by atomic mass is 16.2. The van der Waals surface area contributed by atoms with E-state index in [1.807, 2.05) is 24.3 Å². The van der Waals surface area contributed by atoms with E-state index < -0.39 is 6.04 Å². The number of carbonyl (C=O) groups excluding carboxylic acids is 3. The summed E-state index contributed by atoms with van der Waals surface area (Å²) in [5.41, 5.74) is 3.95. The highest BCUT2D eigenvalue weighted by Gasteiger charge is 2.40. The predicted molar refractivity (Wildman–Crippen MR) is 124 cm³/mol. The van der Waals surface area contributed by atoms with Crippen molar-refractivity contribution in [2.75, 3.05) is 13.1 Å². The van der Waals surface area contributed by atoms with Crippen LogP contribution in [0.3, 0.4) is 0 Å². The Labute approximate surface area is 194 Å². The van der Waals surface area contributed by atoms with Crippen molar-refractivity contribution < 1.29 is 14.4 Å². The van der Waals surface area contributed by atoms with Crippen LogP contribution in [0.2, 0.25) is 0 Å². The summed E-state index contributed by atoms with van der Waals surface area (Å²) in [4.78, 5) is 41.6. The highest BCUT2D eigenvalue weighted by molar-refractivity contribution is 6.06. The lowest BCUT2D eigenvalue weighted by molar-refractivity contribution is -0.136. The van der Waals surface area contributed by atoms with Gasteiger partial charge in [0.1, 0.15) is 6.04 Å². The van der Waals surface area contributed by atoms with Crippen molar-refractivity contribution in [3.63, 3.8) is 0 Å². The first-order chi connectivity index (χ1) is 16.1. The van der Waals surface area contributed by atoms with Gasteiger partial charge in [0.15, 0.2) is 0 Å². The monoisotopic (exact) mass is 446 g/mol. The van der Waals surface area contributed by atoms with Gasteiger partial charge in [-0.3, -0.25) is 24.6 Å². The first-order valence-electron chi connectivity index (χ1n) is 11.8. The molecule has 3 amide bonds. The molecule has 3 aliphatic rings. The minimum absolute atomic E-state index is 0.100. The highest BCUT2D eigenvalue weighted by Crippen LogP contribution is 2.31. The summed E-state index contributed by atoms with van der Waals surface area (Å²) in [6.07, 6.45) is 2.92. The smallest absolute Gasteiger partial charge is 0.255 e. The predicted octanol–water partition coefficient (Wildman–Crippen LogP) is 2.20. The summed E-state index contributed by atoms with van der Waals surface area (Å²) in [6.45, 7) is 3.91. The number of amides is 3. The Morgan fingerprint density at radius 1 is 0.970 bits per heavy atom. The molecular formula is C26H30N4O3. The van der Waals surface area contributed by atoms with E-state index in [1.54, 1.807) is 4.90 Å². The maximum Gasteiger partial charge on any atom is 0.255 e. The van der Waals surface area contributed by atoms with Crippen molar-refractivity contribution in [3.8, 4) is 0 Å². The van der Waals surface area contributed by atoms with Gasteiger partial charge >= 0.3 is 0 Å². The number of hydrogen-bond donors (Lipinski definition) is 2. The van der Waals surface area contributed by atoms with Gasteiger partial charge in [-0.1, -0.05) is 48.5 Å². The second-order valence-electron chi connectivity index (χ2n) is 9.24. The molecule has 2 fully saturated rings. The Kier molecular flexibility index (Phi) is 6.24. The molecule has 2 aromatic carbocycles. The zero-order valence-corrected chi connectivity index (χ0v) is 18.8. The number of imide groups is 1. The number of carbonyl (C=O) groups is 3. The second kappa shape index (κ2) is 9.45. The average Bonchev–Trinajstić information content (AvgIpc) is 3.17. The van der Waals surface area contributed by atoms with Crippen LogP contribution in [0.5, 0.6) is 0 Å². The molecule has 7 heteroatoms. The SMILES string of the molecule is O=C1CCC(N2Cc3cccc(CN(Cc4ccccc4)C4CCCNC4)c3C2=O)C(=O)N1. The second-order valence-corrected chi connectivity index (χ2v) is 9.24. The van der Waals surface area contributed by atoms with Gasteiger partial charge in [0.25, 0.3) is 5.91 Å². The number of rotatable bonds is 6. The molecule has 3 heterocycles. The van der Waals surface area contributed by atoms with Crippen LogP contribution in [0.4, 0.5) is 0 Å². The standard InChI is InChI=1S/C26H30N4O3/c31-23-12-11-22(25(32)28-23)30-17-20-9-4-8-19(24(20)26(30)33)16-29(21-10-5-13-27-14-21)15-18-6-2-1-3-7-18/h1-4,6-9,21-22,27H,5,10-17H2,(H,28,31,32). The van der Waals surface area contributed by atoms with E-state index in [0.29, 0.717) is 25.6 Å². The largest absolute Gasteiger partial charge is 0.322 e. The minimum atomic E-state index is -0.585. The quantitative estimate of drug-likeness (QED) is 0.665. The van der Waals surface area contributed by atoms with E-state index in [9.17, 15) is 14.4 Å². The normalized spacial score (nSPS) is 23.1. The average molecular weight is 447 g/mol. The Balaban J connectivity index is 1.40. The van der Waals surface area contributed by atoms with Crippen LogP contribution in [0.1, 0.15) is 52.7 Å². The Bertz CT molecular complexity index is 1050. The van der Waals surface area contributed by atoms with Crippen LogP contribution in [-0.2, 0) is 29.2 Å². The van der Waals surface area contributed by atoms with Gasteiger partial charge < -0.3 is 10.2 Å². The Morgan fingerprint density at radius 3 is 2.58 bits per heavy atom. The fourth-order valence-corrected chi connectivity index (χ4v) is 5.32. The molecule has 172 valence electrons. The van der Waals surface area contributed by atoms with Crippen LogP contribution < -0.4 is 10.6 Å². The molecule has 0 bridgehead atoms. The first kappa shape index (κ1) is 21.8. The molecule has 3 aliphatic heterocycles. The van der Waals surface area contributed by atoms with E-state index in [-0.39, 0.29) is 24.1 Å². The van der Waals surface area contributed by atoms with Gasteiger partial charge in [0.2, 0.25) is 11.8 Å². The van der Waals surface area contributed by atoms with Gasteiger partial charge in [0, 0.05) is 44.2 Å². The maximum absolute atomic E-state index is 13.5. The summed E-state index contributed by atoms with van der Waals surface area (Å²) in [5.74, 6) is -0.733. The molecule has 0 radical (unpaired) electrons. The summed E-state index contributed by atoms with van der Waals surface area (Å²) in [7, 11) is 0. The molecule has 33 heavy (non-hydrogen) atoms. The van der Waals surface area contributed by atoms with Crippen LogP contribution in [0.25, 0.3) is 0 Å². The molecule has 0 aromatic heterocycles. The Morgan fingerprint density at radius 2 is 1.82 bits per heavy atom. The summed E-state index contributed by atoms with van der Waals surface area (Å²) >= 11 is 0. The fraction of sp³-hybridized carbons (Fsp3) is 0.423. The topological polar surface area (TPSA) is 81.8 Å². The molecule has 0 aliphatic carbocycles. The third kappa shape index (κ3) is 4.56. The molecule has 0 spiro atoms. The van der Waals surface area contributed by atoms with Crippen molar-refractivity contribution in [3.05, 3.63) is 70.8 Å². The van der Waals surface area contributed by atoms with Crippen LogP contribution in [-0.4, -0.2) is 52.7 Å². The van der Waals surface area contributed by atoms with Crippen molar-refractivity contribution in [2.45, 2.75) is 57.4 Å². The number of benzene rings is 2. The lowest BCUT2D eigenvalue weighted by Gasteiger charge is -2.35. The number of fused-ring (bicyclic) bond motifs is 1. The molecule has 2 saturated heterocycles. The van der Waals surface area contributed by atoms with Crippen LogP contribution in [0, 0.1) is 0 Å². The molecule has 0 saturated carbocycles. The van der Waals surface area contributed by atoms with Crippen molar-refractivity contribution in [1.82, 2.24) is 20.4 Å². The van der Waals surface area contributed by atoms with E-state index in [4.69, 9.17) is 0 Å². The third-order valence-corrected chi connectivity index (χ3v) is 7.03. The van der Waals surface area contributed by atoms with E-state index in [2.05, 4.69) is 39.8 Å². The number of piperidine rings is 2. The lowest BCUT2D eigenvalue weighted by atomic mass is 9.99. The number of nitrogens with zero attached hydrogens (tertiary/aromatic N) is 2. The molecule has 2 atom stereocenters. The lowest BCUT2D eigenvalue weighted by Crippen LogP contribution is -2.52. The van der Waals surface area contributed by atoms with Crippen LogP contribution in [0.15, 0.2) is 48.5 Å². The van der Waals surface area contributed by atoms with Crippen molar-refractivity contribution in [1.29, 1.82) is 0 Å². The Hall–Kier alpha value is -3.03. The van der Waals surface area contributed by atoms with E-state index in [0.717, 1.165) is 49.2 Å². The minimum Gasteiger partial charge on any atom is -0.322 e. The van der Waals surface area contributed by atoms with Gasteiger partial charge in [-0.15, -0.1) is 0 Å². The summed E-state index contributed by atoms with van der Waals surface area (Å²) in [5, 5.41) is 5.90.